The highest BCUT2D eigenvalue weighted by molar-refractivity contribution is 7.89. The van der Waals surface area contributed by atoms with Crippen LogP contribution in [0.25, 0.3) is 0 Å². The molecule has 0 bridgehead atoms. The summed E-state index contributed by atoms with van der Waals surface area (Å²) >= 11 is 0. The van der Waals surface area contributed by atoms with Gasteiger partial charge in [-0.1, -0.05) is 12.1 Å². The van der Waals surface area contributed by atoms with Gasteiger partial charge in [0.25, 0.3) is 0 Å². The fourth-order valence-electron chi connectivity index (χ4n) is 1.70. The van der Waals surface area contributed by atoms with Crippen molar-refractivity contribution in [1.29, 1.82) is 5.26 Å². The van der Waals surface area contributed by atoms with Crippen LogP contribution in [0.1, 0.15) is 11.4 Å². The van der Waals surface area contributed by atoms with Gasteiger partial charge in [-0.15, -0.1) is 0 Å². The Morgan fingerprint density at radius 3 is 2.65 bits per heavy atom. The minimum Gasteiger partial charge on any atom is -0.349 e. The quantitative estimate of drug-likeness (QED) is 0.829. The van der Waals surface area contributed by atoms with E-state index in [4.69, 9.17) is 5.26 Å². The van der Waals surface area contributed by atoms with E-state index in [0.29, 0.717) is 6.42 Å². The van der Waals surface area contributed by atoms with Gasteiger partial charge in [-0.3, -0.25) is 0 Å². The first-order valence-corrected chi connectivity index (χ1v) is 7.54. The Morgan fingerprint density at radius 2 is 2.05 bits per heavy atom. The van der Waals surface area contributed by atoms with Crippen molar-refractivity contribution in [2.24, 2.45) is 0 Å². The highest BCUT2D eigenvalue weighted by atomic mass is 32.2. The van der Waals surface area contributed by atoms with Crippen molar-refractivity contribution in [1.82, 2.24) is 14.7 Å². The SMILES string of the molecule is N#CCc1ccc(S(=O)(=O)NCCc2ncc[nH]2)cc1. The number of H-pyrrole nitrogens is 1. The lowest BCUT2D eigenvalue weighted by Crippen LogP contribution is -2.26. The maximum atomic E-state index is 12.0. The molecule has 0 unspecified atom stereocenters. The highest BCUT2D eigenvalue weighted by Gasteiger charge is 2.13. The smallest absolute Gasteiger partial charge is 0.240 e. The van der Waals surface area contributed by atoms with E-state index < -0.39 is 10.0 Å². The summed E-state index contributed by atoms with van der Waals surface area (Å²) in [7, 11) is -3.52. The number of hydrogen-bond donors (Lipinski definition) is 2. The molecule has 2 aromatic rings. The van der Waals surface area contributed by atoms with Gasteiger partial charge in [0.05, 0.1) is 17.4 Å². The van der Waals surface area contributed by atoms with Crippen LogP contribution in [0.3, 0.4) is 0 Å². The van der Waals surface area contributed by atoms with Crippen molar-refractivity contribution in [2.75, 3.05) is 6.54 Å². The van der Waals surface area contributed by atoms with Crippen molar-refractivity contribution < 1.29 is 8.42 Å². The Morgan fingerprint density at radius 1 is 1.30 bits per heavy atom. The van der Waals surface area contributed by atoms with Gasteiger partial charge in [0.15, 0.2) is 0 Å². The maximum Gasteiger partial charge on any atom is 0.240 e. The molecule has 2 N–H and O–H groups in total. The summed E-state index contributed by atoms with van der Waals surface area (Å²) < 4.78 is 26.6. The maximum absolute atomic E-state index is 12.0. The Kier molecular flexibility index (Phi) is 4.50. The van der Waals surface area contributed by atoms with Crippen molar-refractivity contribution in [2.45, 2.75) is 17.7 Å². The van der Waals surface area contributed by atoms with E-state index in [9.17, 15) is 8.42 Å². The van der Waals surface area contributed by atoms with E-state index in [2.05, 4.69) is 14.7 Å². The average Bonchev–Trinajstić information content (AvgIpc) is 2.93. The van der Waals surface area contributed by atoms with Gasteiger partial charge in [-0.25, -0.2) is 18.1 Å². The summed E-state index contributed by atoms with van der Waals surface area (Å²) in [5, 5.41) is 8.57. The average molecular weight is 290 g/mol. The fraction of sp³-hybridized carbons (Fsp3) is 0.231. The van der Waals surface area contributed by atoms with E-state index >= 15 is 0 Å². The zero-order valence-electron chi connectivity index (χ0n) is 10.7. The van der Waals surface area contributed by atoms with E-state index in [1.807, 2.05) is 6.07 Å². The van der Waals surface area contributed by atoms with Crippen LogP contribution >= 0.6 is 0 Å². The number of nitrogens with one attached hydrogen (secondary N) is 2. The van der Waals surface area contributed by atoms with Crippen LogP contribution in [0.2, 0.25) is 0 Å². The molecule has 0 spiro atoms. The monoisotopic (exact) mass is 290 g/mol. The molecule has 0 aliphatic carbocycles. The van der Waals surface area contributed by atoms with Gasteiger partial charge < -0.3 is 4.98 Å². The first-order chi connectivity index (χ1) is 9.62. The molecule has 0 fully saturated rings. The second-order valence-corrected chi connectivity index (χ2v) is 5.93. The number of rotatable bonds is 6. The molecule has 0 saturated heterocycles. The number of aromatic nitrogens is 2. The summed E-state index contributed by atoms with van der Waals surface area (Å²) in [5.41, 5.74) is 0.794. The number of nitriles is 1. The summed E-state index contributed by atoms with van der Waals surface area (Å²) in [6, 6.07) is 8.31. The van der Waals surface area contributed by atoms with Crippen LogP contribution in [0.5, 0.6) is 0 Å². The molecule has 0 radical (unpaired) electrons. The second-order valence-electron chi connectivity index (χ2n) is 4.16. The molecule has 1 heterocycles. The van der Waals surface area contributed by atoms with E-state index in [1.165, 1.54) is 12.1 Å². The molecular weight excluding hydrogens is 276 g/mol. The summed E-state index contributed by atoms with van der Waals surface area (Å²) in [5.74, 6) is 0.733. The molecule has 0 aliphatic rings. The fourth-order valence-corrected chi connectivity index (χ4v) is 2.73. The Bertz CT molecular complexity index is 685. The Hall–Kier alpha value is -2.17. The molecule has 2 rings (SSSR count). The molecule has 0 amide bonds. The molecule has 0 atom stereocenters. The van der Waals surface area contributed by atoms with E-state index in [1.54, 1.807) is 24.5 Å². The molecule has 0 aliphatic heterocycles. The van der Waals surface area contributed by atoms with Gasteiger partial charge in [-0.2, -0.15) is 5.26 Å². The molecule has 104 valence electrons. The van der Waals surface area contributed by atoms with Crippen LogP contribution in [-0.2, 0) is 22.9 Å². The normalized spacial score (nSPS) is 11.2. The van der Waals surface area contributed by atoms with Crippen molar-refractivity contribution in [3.05, 3.63) is 48.0 Å². The van der Waals surface area contributed by atoms with Gasteiger partial charge in [-0.05, 0) is 17.7 Å². The zero-order valence-corrected chi connectivity index (χ0v) is 11.5. The Labute approximate surface area is 117 Å². The van der Waals surface area contributed by atoms with Gasteiger partial charge in [0.1, 0.15) is 5.82 Å². The highest BCUT2D eigenvalue weighted by Crippen LogP contribution is 2.10. The van der Waals surface area contributed by atoms with Crippen molar-refractivity contribution in [3.8, 4) is 6.07 Å². The third-order valence-corrected chi connectivity index (χ3v) is 4.20. The first kappa shape index (κ1) is 14.2. The minimum absolute atomic E-state index is 0.193. The van der Waals surface area contributed by atoms with Crippen molar-refractivity contribution in [3.63, 3.8) is 0 Å². The number of benzene rings is 1. The van der Waals surface area contributed by atoms with Gasteiger partial charge in [0.2, 0.25) is 10.0 Å². The van der Waals surface area contributed by atoms with Crippen LogP contribution in [0, 0.1) is 11.3 Å². The first-order valence-electron chi connectivity index (χ1n) is 6.05. The van der Waals surface area contributed by atoms with E-state index in [-0.39, 0.29) is 17.9 Å². The Balaban J connectivity index is 1.97. The minimum atomic E-state index is -3.52. The third kappa shape index (κ3) is 3.66. The molecular formula is C13H14N4O2S. The molecule has 0 saturated carbocycles. The van der Waals surface area contributed by atoms with Crippen LogP contribution < -0.4 is 4.72 Å². The standard InChI is InChI=1S/C13H14N4O2S/c14-7-5-11-1-3-12(4-2-11)20(18,19)17-8-6-13-15-9-10-16-13/h1-4,9-10,17H,5-6,8H2,(H,15,16). The topological polar surface area (TPSA) is 98.6 Å². The number of imidazole rings is 1. The van der Waals surface area contributed by atoms with Crippen molar-refractivity contribution >= 4 is 10.0 Å². The predicted octanol–water partition coefficient (Wildman–Crippen LogP) is 0.997. The molecule has 1 aromatic carbocycles. The lowest BCUT2D eigenvalue weighted by molar-refractivity contribution is 0.581. The third-order valence-electron chi connectivity index (χ3n) is 2.73. The molecule has 6 nitrogen and oxygen atoms in total. The molecule has 20 heavy (non-hydrogen) atoms. The number of hydrogen-bond acceptors (Lipinski definition) is 4. The number of nitrogens with zero attached hydrogens (tertiary/aromatic N) is 2. The van der Waals surface area contributed by atoms with Gasteiger partial charge >= 0.3 is 0 Å². The zero-order chi connectivity index (χ0) is 14.4. The molecule has 1 aromatic heterocycles. The number of sulfonamides is 1. The predicted molar refractivity (Wildman–Crippen MR) is 73.2 cm³/mol. The molecule has 7 heteroatoms. The van der Waals surface area contributed by atoms with Crippen LogP contribution in [-0.4, -0.2) is 24.9 Å². The summed E-state index contributed by atoms with van der Waals surface area (Å²) in [6.07, 6.45) is 4.08. The summed E-state index contributed by atoms with van der Waals surface area (Å²) in [4.78, 5) is 7.12. The lowest BCUT2D eigenvalue weighted by Gasteiger charge is -2.06. The summed E-state index contributed by atoms with van der Waals surface area (Å²) in [6.45, 7) is 0.274. The number of aromatic amines is 1. The van der Waals surface area contributed by atoms with Crippen LogP contribution in [0.4, 0.5) is 0 Å². The lowest BCUT2D eigenvalue weighted by atomic mass is 10.2. The second kappa shape index (κ2) is 6.32. The van der Waals surface area contributed by atoms with Gasteiger partial charge in [0, 0.05) is 25.4 Å². The largest absolute Gasteiger partial charge is 0.349 e. The van der Waals surface area contributed by atoms with Crippen LogP contribution in [0.15, 0.2) is 41.6 Å². The van der Waals surface area contributed by atoms with E-state index in [0.717, 1.165) is 11.4 Å².